The molecule has 5 aromatic rings. The van der Waals surface area contributed by atoms with Crippen LogP contribution in [0.2, 0.25) is 0 Å². The van der Waals surface area contributed by atoms with Crippen molar-refractivity contribution in [1.29, 1.82) is 0 Å². The molecule has 8 heteroatoms. The predicted octanol–water partition coefficient (Wildman–Crippen LogP) is 4.14. The van der Waals surface area contributed by atoms with Gasteiger partial charge in [-0.3, -0.25) is 4.79 Å². The molecule has 2 aromatic carbocycles. The van der Waals surface area contributed by atoms with Crippen LogP contribution < -0.4 is 19.6 Å². The lowest BCUT2D eigenvalue weighted by Gasteiger charge is -2.10. The molecular formula is C23H16N2O4S2. The van der Waals surface area contributed by atoms with E-state index in [9.17, 15) is 9.59 Å². The van der Waals surface area contributed by atoms with Crippen molar-refractivity contribution in [2.24, 2.45) is 0 Å². The van der Waals surface area contributed by atoms with Crippen LogP contribution in [-0.2, 0) is 0 Å². The van der Waals surface area contributed by atoms with Gasteiger partial charge in [-0.05, 0) is 54.3 Å². The third-order valence-corrected chi connectivity index (χ3v) is 6.45. The molecule has 0 spiro atoms. The molecule has 0 aliphatic heterocycles. The van der Waals surface area contributed by atoms with Gasteiger partial charge in [0, 0.05) is 0 Å². The first kappa shape index (κ1) is 19.5. The summed E-state index contributed by atoms with van der Waals surface area (Å²) < 4.78 is 13.4. The van der Waals surface area contributed by atoms with Crippen molar-refractivity contribution in [2.75, 3.05) is 6.61 Å². The van der Waals surface area contributed by atoms with Crippen LogP contribution in [0.25, 0.3) is 22.1 Å². The van der Waals surface area contributed by atoms with E-state index in [4.69, 9.17) is 9.47 Å². The monoisotopic (exact) mass is 448 g/mol. The Labute approximate surface area is 184 Å². The van der Waals surface area contributed by atoms with Gasteiger partial charge < -0.3 is 9.47 Å². The van der Waals surface area contributed by atoms with Gasteiger partial charge in [0.1, 0.15) is 4.88 Å². The van der Waals surface area contributed by atoms with Gasteiger partial charge in [0.15, 0.2) is 16.5 Å². The van der Waals surface area contributed by atoms with Crippen LogP contribution >= 0.6 is 22.7 Å². The first-order valence-electron chi connectivity index (χ1n) is 9.58. The van der Waals surface area contributed by atoms with Crippen LogP contribution in [0, 0.1) is 0 Å². The number of thiophene rings is 1. The number of esters is 1. The second kappa shape index (κ2) is 7.98. The van der Waals surface area contributed by atoms with Crippen molar-refractivity contribution >= 4 is 50.7 Å². The normalized spacial score (nSPS) is 12.0. The molecule has 0 unspecified atom stereocenters. The number of hydrogen-bond donors (Lipinski definition) is 0. The summed E-state index contributed by atoms with van der Waals surface area (Å²) in [6.07, 6.45) is 1.80. The van der Waals surface area contributed by atoms with Crippen molar-refractivity contribution in [3.63, 3.8) is 0 Å². The molecule has 31 heavy (non-hydrogen) atoms. The van der Waals surface area contributed by atoms with Crippen LogP contribution in [0.5, 0.6) is 11.5 Å². The number of thiazole rings is 1. The molecule has 0 fully saturated rings. The summed E-state index contributed by atoms with van der Waals surface area (Å²) in [4.78, 5) is 31.0. The van der Waals surface area contributed by atoms with Gasteiger partial charge in [-0.1, -0.05) is 35.6 Å². The lowest BCUT2D eigenvalue weighted by atomic mass is 10.2. The van der Waals surface area contributed by atoms with E-state index in [0.29, 0.717) is 32.5 Å². The zero-order valence-corrected chi connectivity index (χ0v) is 18.0. The van der Waals surface area contributed by atoms with E-state index < -0.39 is 5.97 Å². The van der Waals surface area contributed by atoms with Crippen LogP contribution in [0.1, 0.15) is 22.2 Å². The third-order valence-electron chi connectivity index (χ3n) is 4.64. The molecule has 0 aliphatic rings. The number of carbonyl (C=O) groups excluding carboxylic acids is 1. The molecule has 3 heterocycles. The zero-order chi connectivity index (χ0) is 21.4. The second-order valence-electron chi connectivity index (χ2n) is 6.64. The first-order valence-corrected chi connectivity index (χ1v) is 11.3. The highest BCUT2D eigenvalue weighted by atomic mass is 32.1. The van der Waals surface area contributed by atoms with Gasteiger partial charge in [-0.15, -0.1) is 11.3 Å². The first-order chi connectivity index (χ1) is 15.1. The maximum Gasteiger partial charge on any atom is 0.353 e. The number of rotatable bonds is 5. The van der Waals surface area contributed by atoms with E-state index in [1.54, 1.807) is 40.8 Å². The lowest BCUT2D eigenvalue weighted by molar-refractivity contribution is 0.0733. The van der Waals surface area contributed by atoms with Crippen molar-refractivity contribution in [1.82, 2.24) is 9.38 Å². The number of carbonyl (C=O) groups is 1. The molecule has 0 aliphatic carbocycles. The molecule has 0 saturated heterocycles. The van der Waals surface area contributed by atoms with Crippen LogP contribution in [0.3, 0.4) is 0 Å². The summed E-state index contributed by atoms with van der Waals surface area (Å²) in [5.41, 5.74) is 2.25. The summed E-state index contributed by atoms with van der Waals surface area (Å²) in [5, 5.41) is 1.82. The van der Waals surface area contributed by atoms with E-state index >= 15 is 0 Å². The molecule has 6 nitrogen and oxygen atoms in total. The van der Waals surface area contributed by atoms with Gasteiger partial charge in [0.05, 0.1) is 22.2 Å². The number of aromatic nitrogens is 2. The Morgan fingerprint density at radius 1 is 1.13 bits per heavy atom. The van der Waals surface area contributed by atoms with E-state index in [1.807, 2.05) is 36.6 Å². The molecule has 0 saturated carbocycles. The summed E-state index contributed by atoms with van der Waals surface area (Å²) in [7, 11) is 0. The van der Waals surface area contributed by atoms with Gasteiger partial charge in [0.25, 0.3) is 5.56 Å². The second-order valence-corrected chi connectivity index (χ2v) is 8.60. The molecule has 0 amide bonds. The Morgan fingerprint density at radius 2 is 2.00 bits per heavy atom. The molecule has 5 rings (SSSR count). The fourth-order valence-corrected chi connectivity index (χ4v) is 4.86. The van der Waals surface area contributed by atoms with Crippen molar-refractivity contribution in [3.05, 3.63) is 85.3 Å². The highest BCUT2D eigenvalue weighted by molar-refractivity contribution is 7.15. The van der Waals surface area contributed by atoms with Gasteiger partial charge in [-0.25, -0.2) is 14.2 Å². The molecule has 0 N–H and O–H groups in total. The Morgan fingerprint density at radius 3 is 2.81 bits per heavy atom. The summed E-state index contributed by atoms with van der Waals surface area (Å²) >= 11 is 2.65. The number of para-hydroxylation sites is 2. The Bertz CT molecular complexity index is 1520. The fraction of sp³-hybridized carbons (Fsp3) is 0.0870. The molecule has 154 valence electrons. The summed E-state index contributed by atoms with van der Waals surface area (Å²) in [6.45, 7) is 2.27. The summed E-state index contributed by atoms with van der Waals surface area (Å²) in [5.74, 6) is 0.355. The fourth-order valence-electron chi connectivity index (χ4n) is 3.28. The smallest absolute Gasteiger partial charge is 0.353 e. The zero-order valence-electron chi connectivity index (χ0n) is 16.4. The van der Waals surface area contributed by atoms with E-state index in [0.717, 1.165) is 16.6 Å². The van der Waals surface area contributed by atoms with E-state index in [2.05, 4.69) is 4.98 Å². The van der Waals surface area contributed by atoms with E-state index in [1.165, 1.54) is 22.7 Å². The average molecular weight is 449 g/mol. The minimum atomic E-state index is -0.430. The third kappa shape index (κ3) is 3.60. The molecule has 0 atom stereocenters. The minimum absolute atomic E-state index is 0.111. The van der Waals surface area contributed by atoms with Gasteiger partial charge >= 0.3 is 5.97 Å². The largest absolute Gasteiger partial charge is 0.490 e. The Kier molecular flexibility index (Phi) is 5.01. The number of fused-ring (bicyclic) bond motifs is 3. The number of hydrogen-bond acceptors (Lipinski definition) is 7. The molecule has 0 radical (unpaired) electrons. The Hall–Kier alpha value is -3.49. The topological polar surface area (TPSA) is 69.9 Å². The number of nitrogens with zero attached hydrogens (tertiary/aromatic N) is 2. The highest BCUT2D eigenvalue weighted by Gasteiger charge is 2.15. The maximum atomic E-state index is 13.0. The quantitative estimate of drug-likeness (QED) is 0.299. The van der Waals surface area contributed by atoms with Crippen molar-refractivity contribution in [2.45, 2.75) is 6.92 Å². The van der Waals surface area contributed by atoms with Crippen molar-refractivity contribution in [3.8, 4) is 11.5 Å². The van der Waals surface area contributed by atoms with Crippen molar-refractivity contribution < 1.29 is 14.3 Å². The highest BCUT2D eigenvalue weighted by Crippen LogP contribution is 2.30. The molecule has 0 bridgehead atoms. The Balaban J connectivity index is 1.54. The lowest BCUT2D eigenvalue weighted by Crippen LogP contribution is -2.22. The molecular weight excluding hydrogens is 432 g/mol. The molecule has 3 aromatic heterocycles. The van der Waals surface area contributed by atoms with Crippen LogP contribution in [0.4, 0.5) is 0 Å². The van der Waals surface area contributed by atoms with Gasteiger partial charge in [-0.2, -0.15) is 0 Å². The number of ether oxygens (including phenoxy) is 2. The van der Waals surface area contributed by atoms with E-state index in [-0.39, 0.29) is 5.56 Å². The van der Waals surface area contributed by atoms with Gasteiger partial charge in [0.2, 0.25) is 0 Å². The number of benzene rings is 2. The average Bonchev–Trinajstić information content (AvgIpc) is 3.48. The summed E-state index contributed by atoms with van der Waals surface area (Å²) in [6, 6.07) is 16.3. The SMILES string of the molecule is CCOc1cc(C=c2sc3nc4ccccc4n3c2=O)ccc1OC(=O)c1cccs1. The maximum absolute atomic E-state index is 13.0. The number of imidazole rings is 1. The van der Waals surface area contributed by atoms with Crippen LogP contribution in [0.15, 0.2) is 64.8 Å². The standard InChI is InChI=1S/C23H16N2O4S2/c1-2-28-18-12-14(9-10-17(18)29-22(27)19-8-5-11-30-19)13-20-21(26)25-16-7-4-3-6-15(16)24-23(25)31-20/h3-13H,2H2,1H3. The minimum Gasteiger partial charge on any atom is -0.490 e. The van der Waals surface area contributed by atoms with Crippen LogP contribution in [-0.4, -0.2) is 22.0 Å². The predicted molar refractivity (Wildman–Crippen MR) is 123 cm³/mol.